The Morgan fingerprint density at radius 3 is 2.77 bits per heavy atom. The largest absolute Gasteiger partial charge is 0.350 e. The van der Waals surface area contributed by atoms with Crippen molar-refractivity contribution in [3.63, 3.8) is 0 Å². The Balaban J connectivity index is 1.90. The van der Waals surface area contributed by atoms with E-state index in [1.54, 1.807) is 0 Å². The van der Waals surface area contributed by atoms with E-state index in [1.165, 1.54) is 6.07 Å². The molecule has 0 saturated carbocycles. The average Bonchev–Trinajstić information content (AvgIpc) is 2.49. The molecule has 1 heterocycles. The SMILES string of the molecule is O=C(NCC(F)F)C1CCCN(Cc2ccc(F)c(F)c2)C1. The summed E-state index contributed by atoms with van der Waals surface area (Å²) in [6, 6.07) is 3.70. The van der Waals surface area contributed by atoms with Crippen LogP contribution in [0.25, 0.3) is 0 Å². The molecule has 3 nitrogen and oxygen atoms in total. The van der Waals surface area contributed by atoms with Crippen molar-refractivity contribution in [3.8, 4) is 0 Å². The minimum Gasteiger partial charge on any atom is -0.350 e. The van der Waals surface area contributed by atoms with Crippen molar-refractivity contribution < 1.29 is 22.4 Å². The molecule has 1 aromatic rings. The van der Waals surface area contributed by atoms with Gasteiger partial charge in [0.1, 0.15) is 0 Å². The van der Waals surface area contributed by atoms with Gasteiger partial charge in [-0.25, -0.2) is 17.6 Å². The van der Waals surface area contributed by atoms with E-state index in [0.29, 0.717) is 25.1 Å². The summed E-state index contributed by atoms with van der Waals surface area (Å²) in [6.07, 6.45) is -1.16. The van der Waals surface area contributed by atoms with Crippen LogP contribution in [0.1, 0.15) is 18.4 Å². The van der Waals surface area contributed by atoms with Crippen LogP contribution in [0.2, 0.25) is 0 Å². The summed E-state index contributed by atoms with van der Waals surface area (Å²) in [7, 11) is 0. The van der Waals surface area contributed by atoms with Gasteiger partial charge in [-0.2, -0.15) is 0 Å². The number of benzene rings is 1. The van der Waals surface area contributed by atoms with Crippen molar-refractivity contribution in [1.29, 1.82) is 0 Å². The van der Waals surface area contributed by atoms with Crippen LogP contribution in [0.5, 0.6) is 0 Å². The highest BCUT2D eigenvalue weighted by Gasteiger charge is 2.26. The van der Waals surface area contributed by atoms with Crippen LogP contribution in [0.3, 0.4) is 0 Å². The minimum absolute atomic E-state index is 0.349. The molecule has 0 aliphatic carbocycles. The maximum atomic E-state index is 13.2. The van der Waals surface area contributed by atoms with Crippen LogP contribution in [0, 0.1) is 17.6 Å². The second-order valence-electron chi connectivity index (χ2n) is 5.46. The number of alkyl halides is 2. The summed E-state index contributed by atoms with van der Waals surface area (Å²) in [4.78, 5) is 13.8. The molecule has 7 heteroatoms. The third-order valence-electron chi connectivity index (χ3n) is 3.70. The first-order valence-corrected chi connectivity index (χ1v) is 7.18. The van der Waals surface area contributed by atoms with Gasteiger partial charge in [0, 0.05) is 13.1 Å². The van der Waals surface area contributed by atoms with Gasteiger partial charge in [0.05, 0.1) is 12.5 Å². The van der Waals surface area contributed by atoms with Crippen molar-refractivity contribution in [2.75, 3.05) is 19.6 Å². The Morgan fingerprint density at radius 1 is 1.32 bits per heavy atom. The van der Waals surface area contributed by atoms with Gasteiger partial charge in [0.25, 0.3) is 6.43 Å². The van der Waals surface area contributed by atoms with Crippen molar-refractivity contribution in [2.45, 2.75) is 25.8 Å². The molecular weight excluding hydrogens is 300 g/mol. The van der Waals surface area contributed by atoms with E-state index in [9.17, 15) is 22.4 Å². The fraction of sp³-hybridized carbons (Fsp3) is 0.533. The van der Waals surface area contributed by atoms with Crippen molar-refractivity contribution >= 4 is 5.91 Å². The van der Waals surface area contributed by atoms with Crippen LogP contribution in [-0.2, 0) is 11.3 Å². The smallest absolute Gasteiger partial charge is 0.255 e. The molecule has 22 heavy (non-hydrogen) atoms. The highest BCUT2D eigenvalue weighted by Crippen LogP contribution is 2.19. The topological polar surface area (TPSA) is 32.3 Å². The fourth-order valence-corrected chi connectivity index (χ4v) is 2.63. The molecule has 122 valence electrons. The van der Waals surface area contributed by atoms with Crippen LogP contribution < -0.4 is 5.32 Å². The lowest BCUT2D eigenvalue weighted by atomic mass is 9.96. The number of nitrogens with one attached hydrogen (secondary N) is 1. The Bertz CT molecular complexity index is 524. The number of piperidine rings is 1. The van der Waals surface area contributed by atoms with Gasteiger partial charge in [0.15, 0.2) is 11.6 Å². The number of hydrogen-bond acceptors (Lipinski definition) is 2. The minimum atomic E-state index is -2.56. The van der Waals surface area contributed by atoms with Gasteiger partial charge in [0.2, 0.25) is 5.91 Å². The fourth-order valence-electron chi connectivity index (χ4n) is 2.63. The second-order valence-corrected chi connectivity index (χ2v) is 5.46. The third kappa shape index (κ3) is 4.69. The molecule has 1 N–H and O–H groups in total. The Labute approximate surface area is 126 Å². The first kappa shape index (κ1) is 16.7. The number of likely N-dealkylation sites (tertiary alicyclic amines) is 1. The van der Waals surface area contributed by atoms with E-state index in [0.717, 1.165) is 25.1 Å². The van der Waals surface area contributed by atoms with Gasteiger partial charge in [-0.3, -0.25) is 9.69 Å². The third-order valence-corrected chi connectivity index (χ3v) is 3.70. The highest BCUT2D eigenvalue weighted by atomic mass is 19.3. The zero-order valence-electron chi connectivity index (χ0n) is 12.0. The Kier molecular flexibility index (Phi) is 5.76. The predicted octanol–water partition coefficient (Wildman–Crippen LogP) is 2.56. The maximum absolute atomic E-state index is 13.2. The summed E-state index contributed by atoms with van der Waals surface area (Å²) >= 11 is 0. The molecule has 1 unspecified atom stereocenters. The second kappa shape index (κ2) is 7.58. The van der Waals surface area contributed by atoms with Crippen molar-refractivity contribution in [2.24, 2.45) is 5.92 Å². The van der Waals surface area contributed by atoms with Gasteiger partial charge < -0.3 is 5.32 Å². The van der Waals surface area contributed by atoms with E-state index in [4.69, 9.17) is 0 Å². The highest BCUT2D eigenvalue weighted by molar-refractivity contribution is 5.78. The summed E-state index contributed by atoms with van der Waals surface area (Å²) in [5, 5.41) is 2.23. The van der Waals surface area contributed by atoms with Gasteiger partial charge >= 0.3 is 0 Å². The molecule has 1 saturated heterocycles. The molecule has 1 aromatic carbocycles. The number of rotatable bonds is 5. The lowest BCUT2D eigenvalue weighted by Crippen LogP contribution is -2.43. The number of nitrogens with zero attached hydrogens (tertiary/aromatic N) is 1. The number of hydrogen-bond donors (Lipinski definition) is 1. The normalized spacial score (nSPS) is 19.4. The molecule has 1 fully saturated rings. The first-order valence-electron chi connectivity index (χ1n) is 7.18. The van der Waals surface area contributed by atoms with Crippen LogP contribution >= 0.6 is 0 Å². The first-order chi connectivity index (χ1) is 10.5. The van der Waals surface area contributed by atoms with E-state index >= 15 is 0 Å². The lowest BCUT2D eigenvalue weighted by Gasteiger charge is -2.32. The van der Waals surface area contributed by atoms with E-state index < -0.39 is 24.6 Å². The monoisotopic (exact) mass is 318 g/mol. The van der Waals surface area contributed by atoms with E-state index in [2.05, 4.69) is 5.32 Å². The average molecular weight is 318 g/mol. The summed E-state index contributed by atoms with van der Waals surface area (Å²) in [5.41, 5.74) is 0.618. The molecule has 2 rings (SSSR count). The zero-order chi connectivity index (χ0) is 16.1. The predicted molar refractivity (Wildman–Crippen MR) is 73.4 cm³/mol. The van der Waals surface area contributed by atoms with Crippen molar-refractivity contribution in [3.05, 3.63) is 35.4 Å². The molecule has 0 aromatic heterocycles. The standard InChI is InChI=1S/C15H18F4N2O/c16-12-4-3-10(6-13(12)17)8-21-5-1-2-11(9-21)15(22)20-7-14(18)19/h3-4,6,11,14H,1-2,5,7-9H2,(H,20,22). The van der Waals surface area contributed by atoms with Crippen LogP contribution in [-0.4, -0.2) is 36.9 Å². The molecule has 0 spiro atoms. The molecule has 0 radical (unpaired) electrons. The van der Waals surface area contributed by atoms with Gasteiger partial charge in [-0.15, -0.1) is 0 Å². The molecule has 0 bridgehead atoms. The van der Waals surface area contributed by atoms with E-state index in [1.807, 2.05) is 4.90 Å². The number of carbonyl (C=O) groups excluding carboxylic acids is 1. The summed E-state index contributed by atoms with van der Waals surface area (Å²) in [5.74, 6) is -2.53. The van der Waals surface area contributed by atoms with Gasteiger partial charge in [-0.1, -0.05) is 6.07 Å². The summed E-state index contributed by atoms with van der Waals surface area (Å²) in [6.45, 7) is 0.917. The zero-order valence-corrected chi connectivity index (χ0v) is 12.0. The summed E-state index contributed by atoms with van der Waals surface area (Å²) < 4.78 is 50.3. The number of halogens is 4. The molecule has 1 aliphatic rings. The van der Waals surface area contributed by atoms with Crippen LogP contribution in [0.15, 0.2) is 18.2 Å². The number of carbonyl (C=O) groups is 1. The molecule has 1 atom stereocenters. The molecule has 1 aliphatic heterocycles. The molecular formula is C15H18F4N2O. The van der Waals surface area contributed by atoms with Crippen molar-refractivity contribution in [1.82, 2.24) is 10.2 Å². The van der Waals surface area contributed by atoms with Gasteiger partial charge in [-0.05, 0) is 37.1 Å². The lowest BCUT2D eigenvalue weighted by molar-refractivity contribution is -0.127. The Morgan fingerprint density at radius 2 is 2.09 bits per heavy atom. The van der Waals surface area contributed by atoms with Crippen LogP contribution in [0.4, 0.5) is 17.6 Å². The molecule has 1 amide bonds. The maximum Gasteiger partial charge on any atom is 0.255 e. The van der Waals surface area contributed by atoms with E-state index in [-0.39, 0.29) is 11.8 Å². The number of amides is 1. The Hall–Kier alpha value is -1.63. The quantitative estimate of drug-likeness (QED) is 0.846.